The van der Waals surface area contributed by atoms with Crippen molar-refractivity contribution in [2.45, 2.75) is 33.1 Å². The van der Waals surface area contributed by atoms with E-state index in [0.29, 0.717) is 18.1 Å². The SMILES string of the molecule is CC1CCC(C(C)C(=O)O)C(=[OH+])C1. The molecule has 74 valence electrons. The number of aliphatic carboxylic acids is 1. The van der Waals surface area contributed by atoms with E-state index in [1.807, 2.05) is 0 Å². The second-order valence-electron chi connectivity index (χ2n) is 4.11. The van der Waals surface area contributed by atoms with Crippen LogP contribution in [-0.2, 0) is 4.79 Å². The zero-order valence-electron chi connectivity index (χ0n) is 8.16. The molecule has 1 fully saturated rings. The number of ketones is 1. The summed E-state index contributed by atoms with van der Waals surface area (Å²) in [5, 5.41) is 8.79. The maximum absolute atomic E-state index is 10.7. The predicted molar refractivity (Wildman–Crippen MR) is 50.2 cm³/mol. The van der Waals surface area contributed by atoms with Crippen molar-refractivity contribution in [2.24, 2.45) is 17.8 Å². The molecule has 1 aliphatic carbocycles. The largest absolute Gasteiger partial charge is 0.481 e. The van der Waals surface area contributed by atoms with Gasteiger partial charge in [-0.05, 0) is 18.8 Å². The van der Waals surface area contributed by atoms with E-state index in [9.17, 15) is 9.59 Å². The molecule has 0 saturated heterocycles. The first kappa shape index (κ1) is 10.2. The number of carboxylic acids is 1. The van der Waals surface area contributed by atoms with Crippen LogP contribution in [-0.4, -0.2) is 21.7 Å². The molecule has 0 heterocycles. The third-order valence-corrected chi connectivity index (χ3v) is 2.95. The zero-order valence-corrected chi connectivity index (χ0v) is 8.16. The van der Waals surface area contributed by atoms with Crippen molar-refractivity contribution in [2.75, 3.05) is 0 Å². The monoisotopic (exact) mass is 185 g/mol. The van der Waals surface area contributed by atoms with Gasteiger partial charge in [-0.15, -0.1) is 0 Å². The molecule has 0 aromatic rings. The smallest absolute Gasteiger partial charge is 0.307 e. The second-order valence-corrected chi connectivity index (χ2v) is 4.11. The summed E-state index contributed by atoms with van der Waals surface area (Å²) in [5.74, 6) is -0.516. The van der Waals surface area contributed by atoms with Gasteiger partial charge in [-0.2, -0.15) is 0 Å². The van der Waals surface area contributed by atoms with Crippen LogP contribution in [0.15, 0.2) is 0 Å². The standard InChI is InChI=1S/C10H16O3/c1-6-3-4-8(9(11)5-6)7(2)10(12)13/h6-8H,3-5H2,1-2H3,(H,12,13)/p+1. The molecule has 0 bridgehead atoms. The Morgan fingerprint density at radius 3 is 2.69 bits per heavy atom. The lowest BCUT2D eigenvalue weighted by Gasteiger charge is -2.23. The van der Waals surface area contributed by atoms with Crippen molar-refractivity contribution in [3.8, 4) is 0 Å². The first-order valence-corrected chi connectivity index (χ1v) is 4.80. The average Bonchev–Trinajstić information content (AvgIpc) is 2.03. The second kappa shape index (κ2) is 3.90. The number of carboxylic acid groups (broad SMARTS) is 1. The van der Waals surface area contributed by atoms with Gasteiger partial charge in [0.1, 0.15) is 0 Å². The Bertz CT molecular complexity index is 222. The summed E-state index contributed by atoms with van der Waals surface area (Å²) in [4.78, 5) is 20.3. The number of rotatable bonds is 2. The third kappa shape index (κ3) is 2.29. The van der Waals surface area contributed by atoms with Crippen molar-refractivity contribution in [1.29, 1.82) is 0 Å². The third-order valence-electron chi connectivity index (χ3n) is 2.95. The topological polar surface area (TPSA) is 58.7 Å². The van der Waals surface area contributed by atoms with Gasteiger partial charge in [0.25, 0.3) is 5.78 Å². The number of carbonyl (C=O) groups excluding carboxylic acids is 1. The summed E-state index contributed by atoms with van der Waals surface area (Å²) in [5.41, 5.74) is 0. The van der Waals surface area contributed by atoms with E-state index in [0.717, 1.165) is 12.8 Å². The van der Waals surface area contributed by atoms with Gasteiger partial charge in [-0.1, -0.05) is 13.8 Å². The fraction of sp³-hybridized carbons (Fsp3) is 0.800. The van der Waals surface area contributed by atoms with E-state index in [1.54, 1.807) is 6.92 Å². The summed E-state index contributed by atoms with van der Waals surface area (Å²) in [6.45, 7) is 3.75. The van der Waals surface area contributed by atoms with Gasteiger partial charge in [0, 0.05) is 0 Å². The van der Waals surface area contributed by atoms with E-state index < -0.39 is 11.9 Å². The number of carbonyl (C=O) groups is 1. The Morgan fingerprint density at radius 1 is 1.62 bits per heavy atom. The maximum atomic E-state index is 10.7. The van der Waals surface area contributed by atoms with Crippen LogP contribution in [0, 0.1) is 17.8 Å². The Labute approximate surface area is 78.1 Å². The quantitative estimate of drug-likeness (QED) is 0.665. The van der Waals surface area contributed by atoms with Gasteiger partial charge in [-0.25, -0.2) is 0 Å². The minimum Gasteiger partial charge on any atom is -0.481 e. The molecule has 3 heteroatoms. The molecule has 13 heavy (non-hydrogen) atoms. The van der Waals surface area contributed by atoms with Crippen molar-refractivity contribution in [1.82, 2.24) is 0 Å². The predicted octanol–water partition coefficient (Wildman–Crippen LogP) is 1.69. The van der Waals surface area contributed by atoms with Crippen molar-refractivity contribution in [3.63, 3.8) is 0 Å². The van der Waals surface area contributed by atoms with Gasteiger partial charge in [0.15, 0.2) is 0 Å². The highest BCUT2D eigenvalue weighted by Gasteiger charge is 2.37. The summed E-state index contributed by atoms with van der Waals surface area (Å²) in [6.07, 6.45) is 2.50. The molecule has 0 amide bonds. The highest BCUT2D eigenvalue weighted by atomic mass is 16.4. The molecule has 0 radical (unpaired) electrons. The van der Waals surface area contributed by atoms with E-state index in [4.69, 9.17) is 5.11 Å². The fourth-order valence-corrected chi connectivity index (χ4v) is 1.95. The molecule has 1 saturated carbocycles. The lowest BCUT2D eigenvalue weighted by molar-refractivity contribution is -0.142. The van der Waals surface area contributed by atoms with E-state index in [1.165, 1.54) is 0 Å². The molecule has 2 N–H and O–H groups in total. The van der Waals surface area contributed by atoms with Gasteiger partial charge >= 0.3 is 5.97 Å². The van der Waals surface area contributed by atoms with Gasteiger partial charge in [0.05, 0.1) is 18.3 Å². The first-order valence-electron chi connectivity index (χ1n) is 4.80. The summed E-state index contributed by atoms with van der Waals surface area (Å²) < 4.78 is 0. The van der Waals surface area contributed by atoms with Gasteiger partial charge in [-0.3, -0.25) is 9.59 Å². The van der Waals surface area contributed by atoms with Crippen LogP contribution in [0.25, 0.3) is 0 Å². The molecule has 3 unspecified atom stereocenters. The zero-order chi connectivity index (χ0) is 10.0. The number of hydrogen-bond donors (Lipinski definition) is 1. The van der Waals surface area contributed by atoms with Crippen LogP contribution in [0.1, 0.15) is 33.1 Å². The van der Waals surface area contributed by atoms with Crippen molar-refractivity contribution < 1.29 is 14.7 Å². The lowest BCUT2D eigenvalue weighted by Crippen LogP contribution is -2.32. The molecule has 3 atom stereocenters. The van der Waals surface area contributed by atoms with E-state index in [2.05, 4.69) is 6.92 Å². The Kier molecular flexibility index (Phi) is 3.07. The lowest BCUT2D eigenvalue weighted by atomic mass is 9.76. The summed E-state index contributed by atoms with van der Waals surface area (Å²) in [7, 11) is 0. The van der Waals surface area contributed by atoms with Crippen LogP contribution < -0.4 is 0 Å². The highest BCUT2D eigenvalue weighted by molar-refractivity contribution is 5.87. The Morgan fingerprint density at radius 2 is 2.23 bits per heavy atom. The molecular formula is C10H17O3+. The van der Waals surface area contributed by atoms with Crippen LogP contribution in [0.5, 0.6) is 0 Å². The average molecular weight is 185 g/mol. The van der Waals surface area contributed by atoms with E-state index in [-0.39, 0.29) is 5.92 Å². The Hall–Kier alpha value is -0.860. The minimum atomic E-state index is -0.814. The van der Waals surface area contributed by atoms with E-state index >= 15 is 0 Å². The molecule has 0 aromatic carbocycles. The molecule has 0 spiro atoms. The van der Waals surface area contributed by atoms with Crippen LogP contribution in [0.2, 0.25) is 0 Å². The molecule has 1 rings (SSSR count). The molecular weight excluding hydrogens is 168 g/mol. The molecule has 1 aliphatic rings. The fourth-order valence-electron chi connectivity index (χ4n) is 1.95. The van der Waals surface area contributed by atoms with Crippen LogP contribution >= 0.6 is 0 Å². The highest BCUT2D eigenvalue weighted by Crippen LogP contribution is 2.30. The van der Waals surface area contributed by atoms with Crippen molar-refractivity contribution in [3.05, 3.63) is 0 Å². The minimum absolute atomic E-state index is 0.131. The summed E-state index contributed by atoms with van der Waals surface area (Å²) in [6, 6.07) is 0. The van der Waals surface area contributed by atoms with Crippen LogP contribution in [0.3, 0.4) is 0 Å². The maximum Gasteiger partial charge on any atom is 0.307 e. The normalized spacial score (nSPS) is 31.4. The summed E-state index contributed by atoms with van der Waals surface area (Å²) >= 11 is 0. The van der Waals surface area contributed by atoms with Crippen LogP contribution in [0.4, 0.5) is 0 Å². The number of hydrogen-bond acceptors (Lipinski definition) is 1. The van der Waals surface area contributed by atoms with Crippen molar-refractivity contribution >= 4 is 11.8 Å². The molecule has 3 nitrogen and oxygen atoms in total. The molecule has 0 aromatic heterocycles. The van der Waals surface area contributed by atoms with Gasteiger partial charge in [0.2, 0.25) is 0 Å². The van der Waals surface area contributed by atoms with Gasteiger partial charge < -0.3 is 5.11 Å². The molecule has 0 aliphatic heterocycles. The first-order chi connectivity index (χ1) is 6.02. The Balaban J connectivity index is 2.61.